The Hall–Kier alpha value is -1.07. The van der Waals surface area contributed by atoms with Gasteiger partial charge in [-0.25, -0.2) is 4.79 Å². The topological polar surface area (TPSA) is 65.0 Å². The lowest BCUT2D eigenvalue weighted by atomic mass is 10.0. The van der Waals surface area contributed by atoms with Gasteiger partial charge < -0.3 is 19.3 Å². The number of cyclic esters (lactones) is 1. The predicted octanol–water partition coefficient (Wildman–Crippen LogP) is 0.0446. The van der Waals surface area contributed by atoms with Crippen LogP contribution in [0.3, 0.4) is 0 Å². The van der Waals surface area contributed by atoms with Gasteiger partial charge in [0.1, 0.15) is 0 Å². The average Bonchev–Trinajstić information content (AvgIpc) is 2.40. The Morgan fingerprint density at radius 3 is 2.71 bits per heavy atom. The van der Waals surface area contributed by atoms with Gasteiger partial charge in [-0.1, -0.05) is 6.92 Å². The number of hydrogen-bond donors (Lipinski definition) is 1. The van der Waals surface area contributed by atoms with Crippen LogP contribution in [0.4, 0.5) is 0 Å². The van der Waals surface area contributed by atoms with Crippen LogP contribution in [0.1, 0.15) is 6.92 Å². The van der Waals surface area contributed by atoms with Gasteiger partial charge in [0.2, 0.25) is 0 Å². The third-order valence-corrected chi connectivity index (χ3v) is 2.06. The highest BCUT2D eigenvalue weighted by atomic mass is 16.7. The van der Waals surface area contributed by atoms with E-state index >= 15 is 0 Å². The van der Waals surface area contributed by atoms with E-state index in [-0.39, 0.29) is 11.7 Å². The van der Waals surface area contributed by atoms with E-state index in [0.29, 0.717) is 12.2 Å². The van der Waals surface area contributed by atoms with Crippen molar-refractivity contribution in [3.05, 3.63) is 11.3 Å². The van der Waals surface area contributed by atoms with E-state index in [1.54, 1.807) is 14.0 Å². The molecule has 0 radical (unpaired) electrons. The number of aliphatic hydroxyl groups excluding tert-OH is 1. The van der Waals surface area contributed by atoms with Gasteiger partial charge in [-0.2, -0.15) is 0 Å². The Balaban J connectivity index is 2.90. The lowest BCUT2D eigenvalue weighted by Gasteiger charge is -2.10. The molecule has 0 amide bonds. The number of carbonyl (C=O) groups excluding carboxylic acids is 1. The Bertz CT molecular complexity index is 258. The van der Waals surface area contributed by atoms with Gasteiger partial charge in [0, 0.05) is 13.0 Å². The van der Waals surface area contributed by atoms with Crippen LogP contribution in [-0.2, 0) is 19.0 Å². The van der Waals surface area contributed by atoms with Crippen molar-refractivity contribution < 1.29 is 24.1 Å². The van der Waals surface area contributed by atoms with E-state index in [0.717, 1.165) is 0 Å². The van der Waals surface area contributed by atoms with Crippen LogP contribution in [0.25, 0.3) is 0 Å². The number of ether oxygens (including phenoxy) is 3. The van der Waals surface area contributed by atoms with Gasteiger partial charge in [-0.15, -0.1) is 0 Å². The zero-order valence-corrected chi connectivity index (χ0v) is 8.44. The third-order valence-electron chi connectivity index (χ3n) is 2.06. The highest BCUT2D eigenvalue weighted by molar-refractivity contribution is 5.92. The molecule has 0 aromatic carbocycles. The van der Waals surface area contributed by atoms with Gasteiger partial charge in [-0.3, -0.25) is 0 Å². The van der Waals surface area contributed by atoms with Gasteiger partial charge in [-0.05, 0) is 0 Å². The van der Waals surface area contributed by atoms with Gasteiger partial charge in [0.15, 0.2) is 5.76 Å². The van der Waals surface area contributed by atoms with Crippen molar-refractivity contribution in [3.8, 4) is 0 Å². The molecule has 0 fully saturated rings. The molecule has 0 aromatic rings. The minimum Gasteiger partial charge on any atom is -0.494 e. The molecule has 1 aliphatic heterocycles. The van der Waals surface area contributed by atoms with E-state index in [1.807, 2.05) is 0 Å². The number of methoxy groups -OCH3 is 2. The molecular weight excluding hydrogens is 188 g/mol. The Morgan fingerprint density at radius 1 is 1.57 bits per heavy atom. The number of esters is 1. The van der Waals surface area contributed by atoms with E-state index in [9.17, 15) is 9.90 Å². The molecule has 14 heavy (non-hydrogen) atoms. The van der Waals surface area contributed by atoms with Gasteiger partial charge >= 0.3 is 5.97 Å². The summed E-state index contributed by atoms with van der Waals surface area (Å²) in [6.45, 7) is 2.18. The van der Waals surface area contributed by atoms with Crippen molar-refractivity contribution in [2.75, 3.05) is 20.8 Å². The molecule has 0 bridgehead atoms. The molecule has 0 saturated carbocycles. The number of carbonyl (C=O) groups is 1. The molecule has 1 N–H and O–H groups in total. The molecule has 0 aromatic heterocycles. The number of aliphatic hydroxyl groups is 1. The molecule has 5 heteroatoms. The Labute approximate surface area is 82.3 Å². The summed E-state index contributed by atoms with van der Waals surface area (Å²) in [7, 11) is 2.93. The quantitative estimate of drug-likeness (QED) is 0.652. The molecule has 0 spiro atoms. The molecule has 5 nitrogen and oxygen atoms in total. The summed E-state index contributed by atoms with van der Waals surface area (Å²) >= 11 is 0. The van der Waals surface area contributed by atoms with E-state index in [4.69, 9.17) is 9.47 Å². The second-order valence-corrected chi connectivity index (χ2v) is 3.10. The fraction of sp³-hybridized carbons (Fsp3) is 0.667. The van der Waals surface area contributed by atoms with Gasteiger partial charge in [0.05, 0.1) is 19.3 Å². The van der Waals surface area contributed by atoms with Crippen molar-refractivity contribution in [2.45, 2.75) is 13.2 Å². The van der Waals surface area contributed by atoms with E-state index in [2.05, 4.69) is 4.74 Å². The molecular formula is C9H14O5. The normalized spacial score (nSPS) is 23.7. The van der Waals surface area contributed by atoms with Gasteiger partial charge in [0.25, 0.3) is 6.29 Å². The summed E-state index contributed by atoms with van der Waals surface area (Å²) in [5.41, 5.74) is 0.349. The first-order valence-electron chi connectivity index (χ1n) is 4.27. The molecule has 2 atom stereocenters. The Morgan fingerprint density at radius 2 is 2.21 bits per heavy atom. The molecule has 1 aliphatic rings. The maximum Gasteiger partial charge on any atom is 0.340 e. The van der Waals surface area contributed by atoms with Crippen molar-refractivity contribution in [3.63, 3.8) is 0 Å². The molecule has 80 valence electrons. The van der Waals surface area contributed by atoms with Crippen molar-refractivity contribution in [1.29, 1.82) is 0 Å². The smallest absolute Gasteiger partial charge is 0.340 e. The zero-order chi connectivity index (χ0) is 10.7. The number of hydrogen-bond acceptors (Lipinski definition) is 5. The zero-order valence-electron chi connectivity index (χ0n) is 8.44. The monoisotopic (exact) mass is 202 g/mol. The maximum absolute atomic E-state index is 11.3. The van der Waals surface area contributed by atoms with Crippen LogP contribution in [0.2, 0.25) is 0 Å². The third kappa shape index (κ3) is 1.88. The lowest BCUT2D eigenvalue weighted by molar-refractivity contribution is -0.154. The van der Waals surface area contributed by atoms with E-state index < -0.39 is 12.3 Å². The minimum absolute atomic E-state index is 0.153. The fourth-order valence-corrected chi connectivity index (χ4v) is 1.44. The second kappa shape index (κ2) is 4.43. The van der Waals surface area contributed by atoms with Crippen LogP contribution >= 0.6 is 0 Å². The first-order valence-corrected chi connectivity index (χ1v) is 4.27. The first-order chi connectivity index (χ1) is 6.61. The largest absolute Gasteiger partial charge is 0.494 e. The summed E-state index contributed by atoms with van der Waals surface area (Å²) < 4.78 is 14.4. The van der Waals surface area contributed by atoms with Crippen LogP contribution in [0.5, 0.6) is 0 Å². The Kier molecular flexibility index (Phi) is 3.49. The van der Waals surface area contributed by atoms with Crippen LogP contribution < -0.4 is 0 Å². The second-order valence-electron chi connectivity index (χ2n) is 3.10. The first kappa shape index (κ1) is 11.0. The average molecular weight is 202 g/mol. The van der Waals surface area contributed by atoms with Crippen molar-refractivity contribution >= 4 is 5.97 Å². The summed E-state index contributed by atoms with van der Waals surface area (Å²) in [5, 5.41) is 9.28. The van der Waals surface area contributed by atoms with Crippen LogP contribution in [0, 0.1) is 5.92 Å². The SMILES string of the molecule is COC[C@H](C)C1=C(OC)[C@@H](O)OC1=O. The highest BCUT2D eigenvalue weighted by Gasteiger charge is 2.36. The van der Waals surface area contributed by atoms with Crippen molar-refractivity contribution in [2.24, 2.45) is 5.92 Å². The standard InChI is InChI=1S/C9H14O5/c1-5(4-12-2)6-7(13-3)9(11)14-8(6)10/h5,9,11H,4H2,1-3H3/t5-,9-/m0/s1. The lowest BCUT2D eigenvalue weighted by Crippen LogP contribution is -2.13. The summed E-state index contributed by atoms with van der Waals surface area (Å²) in [6, 6.07) is 0. The van der Waals surface area contributed by atoms with E-state index in [1.165, 1.54) is 7.11 Å². The minimum atomic E-state index is -1.28. The maximum atomic E-state index is 11.3. The summed E-state index contributed by atoms with van der Waals surface area (Å²) in [4.78, 5) is 11.3. The van der Waals surface area contributed by atoms with Crippen LogP contribution in [0.15, 0.2) is 11.3 Å². The molecule has 0 saturated heterocycles. The molecule has 0 unspecified atom stereocenters. The highest BCUT2D eigenvalue weighted by Crippen LogP contribution is 2.27. The summed E-state index contributed by atoms with van der Waals surface area (Å²) in [5.74, 6) is -0.516. The van der Waals surface area contributed by atoms with Crippen LogP contribution in [-0.4, -0.2) is 38.2 Å². The molecule has 1 rings (SSSR count). The molecule has 1 heterocycles. The summed E-state index contributed by atoms with van der Waals surface area (Å²) in [6.07, 6.45) is -1.28. The van der Waals surface area contributed by atoms with Crippen molar-refractivity contribution in [1.82, 2.24) is 0 Å². The predicted molar refractivity (Wildman–Crippen MR) is 47.2 cm³/mol. The molecule has 0 aliphatic carbocycles. The number of rotatable bonds is 4. The fourth-order valence-electron chi connectivity index (χ4n) is 1.44.